The maximum absolute atomic E-state index is 6.02. The van der Waals surface area contributed by atoms with E-state index in [-0.39, 0.29) is 0 Å². The van der Waals surface area contributed by atoms with Gasteiger partial charge in [0.25, 0.3) is 0 Å². The van der Waals surface area contributed by atoms with Crippen LogP contribution in [0.2, 0.25) is 0 Å². The molecular formula is C13H17N3S2. The van der Waals surface area contributed by atoms with E-state index >= 15 is 0 Å². The molecule has 0 aliphatic heterocycles. The first-order chi connectivity index (χ1) is 8.79. The summed E-state index contributed by atoms with van der Waals surface area (Å²) in [5.74, 6) is 1.42. The molecule has 3 nitrogen and oxygen atoms in total. The molecule has 1 fully saturated rings. The molecule has 2 N–H and O–H groups in total. The van der Waals surface area contributed by atoms with Crippen LogP contribution in [0.1, 0.15) is 36.1 Å². The normalized spacial score (nSPS) is 14.9. The van der Waals surface area contributed by atoms with Crippen LogP contribution < -0.4 is 10.6 Å². The molecular weight excluding hydrogens is 262 g/mol. The van der Waals surface area contributed by atoms with Crippen LogP contribution in [0.25, 0.3) is 0 Å². The van der Waals surface area contributed by atoms with Gasteiger partial charge in [0.1, 0.15) is 10.8 Å². The number of anilines is 2. The van der Waals surface area contributed by atoms with Crippen LogP contribution in [0.15, 0.2) is 17.5 Å². The van der Waals surface area contributed by atoms with Gasteiger partial charge in [-0.1, -0.05) is 6.07 Å². The van der Waals surface area contributed by atoms with Crippen LogP contribution in [-0.4, -0.2) is 10.9 Å². The summed E-state index contributed by atoms with van der Waals surface area (Å²) in [6.45, 7) is 4.16. The summed E-state index contributed by atoms with van der Waals surface area (Å²) in [6.07, 6.45) is 2.54. The lowest BCUT2D eigenvalue weighted by Crippen LogP contribution is -2.21. The number of thiophene rings is 1. The number of aromatic nitrogens is 1. The minimum Gasteiger partial charge on any atom is -0.383 e. The van der Waals surface area contributed by atoms with Gasteiger partial charge in [0, 0.05) is 17.0 Å². The van der Waals surface area contributed by atoms with Gasteiger partial charge in [-0.3, -0.25) is 0 Å². The zero-order valence-corrected chi connectivity index (χ0v) is 12.1. The standard InChI is InChI=1S/C13H17N3S2/c1-2-16(8-10-4-3-7-17-10)13-11(9-5-6-9)12(14)15-18-13/h3-4,7,9H,2,5-6,8H2,1H3,(H2,14,15). The van der Waals surface area contributed by atoms with E-state index < -0.39 is 0 Å². The maximum Gasteiger partial charge on any atom is 0.142 e. The number of nitrogens with zero attached hydrogens (tertiary/aromatic N) is 2. The van der Waals surface area contributed by atoms with Crippen molar-refractivity contribution in [1.82, 2.24) is 4.37 Å². The number of nitrogens with two attached hydrogens (primary N) is 1. The lowest BCUT2D eigenvalue weighted by molar-refractivity contribution is 0.844. The second-order valence-electron chi connectivity index (χ2n) is 4.65. The second kappa shape index (κ2) is 4.90. The molecule has 2 aromatic heterocycles. The minimum absolute atomic E-state index is 0.663. The van der Waals surface area contributed by atoms with E-state index in [1.165, 1.54) is 28.3 Å². The highest BCUT2D eigenvalue weighted by molar-refractivity contribution is 7.11. The fourth-order valence-corrected chi connectivity index (χ4v) is 3.88. The second-order valence-corrected chi connectivity index (χ2v) is 6.44. The predicted molar refractivity (Wildman–Crippen MR) is 79.5 cm³/mol. The fraction of sp³-hybridized carbons (Fsp3) is 0.462. The van der Waals surface area contributed by atoms with Gasteiger partial charge in [-0.2, -0.15) is 4.37 Å². The number of nitrogen functional groups attached to an aromatic ring is 1. The van der Waals surface area contributed by atoms with Gasteiger partial charge in [-0.25, -0.2) is 0 Å². The van der Waals surface area contributed by atoms with Gasteiger partial charge in [-0.15, -0.1) is 11.3 Å². The van der Waals surface area contributed by atoms with Gasteiger partial charge in [0.05, 0.1) is 6.54 Å². The van der Waals surface area contributed by atoms with Crippen molar-refractivity contribution in [2.75, 3.05) is 17.2 Å². The molecule has 18 heavy (non-hydrogen) atoms. The van der Waals surface area contributed by atoms with Crippen molar-refractivity contribution in [3.8, 4) is 0 Å². The van der Waals surface area contributed by atoms with Crippen molar-refractivity contribution >= 4 is 33.7 Å². The zero-order chi connectivity index (χ0) is 12.5. The molecule has 0 aromatic carbocycles. The third-order valence-electron chi connectivity index (χ3n) is 3.32. The molecule has 0 unspecified atom stereocenters. The molecule has 2 heterocycles. The average molecular weight is 279 g/mol. The van der Waals surface area contributed by atoms with E-state index in [1.54, 1.807) is 11.5 Å². The van der Waals surface area contributed by atoms with Crippen molar-refractivity contribution in [3.63, 3.8) is 0 Å². The molecule has 1 saturated carbocycles. The van der Waals surface area contributed by atoms with Crippen molar-refractivity contribution < 1.29 is 0 Å². The van der Waals surface area contributed by atoms with Crippen LogP contribution in [0.5, 0.6) is 0 Å². The summed E-state index contributed by atoms with van der Waals surface area (Å²) in [5.41, 5.74) is 7.33. The highest BCUT2D eigenvalue weighted by Crippen LogP contribution is 2.49. The molecule has 1 aliphatic rings. The first kappa shape index (κ1) is 12.0. The molecule has 0 saturated heterocycles. The SMILES string of the molecule is CCN(Cc1cccs1)c1snc(N)c1C1CC1. The molecule has 1 aliphatic carbocycles. The molecule has 0 spiro atoms. The fourth-order valence-electron chi connectivity index (χ4n) is 2.20. The number of rotatable bonds is 5. The Kier molecular flexibility index (Phi) is 3.26. The number of hydrogen-bond acceptors (Lipinski definition) is 5. The van der Waals surface area contributed by atoms with Gasteiger partial charge < -0.3 is 10.6 Å². The van der Waals surface area contributed by atoms with Crippen molar-refractivity contribution in [2.24, 2.45) is 0 Å². The van der Waals surface area contributed by atoms with Crippen LogP contribution in [0.3, 0.4) is 0 Å². The Balaban J connectivity index is 1.87. The molecule has 96 valence electrons. The van der Waals surface area contributed by atoms with E-state index in [2.05, 4.69) is 33.7 Å². The van der Waals surface area contributed by atoms with Crippen LogP contribution in [0.4, 0.5) is 10.8 Å². The summed E-state index contributed by atoms with van der Waals surface area (Å²) in [7, 11) is 0. The third-order valence-corrected chi connectivity index (χ3v) is 5.12. The molecule has 5 heteroatoms. The summed E-state index contributed by atoms with van der Waals surface area (Å²) in [4.78, 5) is 3.79. The Morgan fingerprint density at radius 2 is 2.33 bits per heavy atom. The first-order valence-electron chi connectivity index (χ1n) is 6.32. The Bertz CT molecular complexity index is 514. The zero-order valence-electron chi connectivity index (χ0n) is 10.4. The highest BCUT2D eigenvalue weighted by atomic mass is 32.1. The largest absolute Gasteiger partial charge is 0.383 e. The van der Waals surface area contributed by atoms with E-state index in [9.17, 15) is 0 Å². The topological polar surface area (TPSA) is 42.2 Å². The summed E-state index contributed by atoms with van der Waals surface area (Å²) in [5, 5.41) is 3.41. The minimum atomic E-state index is 0.663. The summed E-state index contributed by atoms with van der Waals surface area (Å²) in [6, 6.07) is 4.30. The van der Waals surface area contributed by atoms with Gasteiger partial charge >= 0.3 is 0 Å². The molecule has 0 atom stereocenters. The summed E-state index contributed by atoms with van der Waals surface area (Å²) < 4.78 is 4.36. The lowest BCUT2D eigenvalue weighted by atomic mass is 10.2. The van der Waals surface area contributed by atoms with Crippen LogP contribution in [0, 0.1) is 0 Å². The van der Waals surface area contributed by atoms with Crippen molar-refractivity contribution in [2.45, 2.75) is 32.2 Å². The van der Waals surface area contributed by atoms with E-state index in [0.717, 1.165) is 18.9 Å². The molecule has 0 radical (unpaired) electrons. The molecule has 2 aromatic rings. The average Bonchev–Trinajstić information content (AvgIpc) is 2.93. The molecule has 0 amide bonds. The predicted octanol–water partition coefficient (Wildman–Crippen LogP) is 3.69. The Morgan fingerprint density at radius 3 is 2.94 bits per heavy atom. The Hall–Kier alpha value is -1.07. The maximum atomic E-state index is 6.02. The van der Waals surface area contributed by atoms with Gasteiger partial charge in [0.2, 0.25) is 0 Å². The van der Waals surface area contributed by atoms with Crippen LogP contribution in [-0.2, 0) is 6.54 Å². The Labute approximate surface area is 115 Å². The van der Waals surface area contributed by atoms with Gasteiger partial charge in [-0.05, 0) is 48.7 Å². The summed E-state index contributed by atoms with van der Waals surface area (Å²) >= 11 is 3.36. The van der Waals surface area contributed by atoms with Crippen molar-refractivity contribution in [3.05, 3.63) is 28.0 Å². The highest BCUT2D eigenvalue weighted by Gasteiger charge is 2.32. The molecule has 3 rings (SSSR count). The van der Waals surface area contributed by atoms with E-state index in [1.807, 2.05) is 11.3 Å². The van der Waals surface area contributed by atoms with E-state index in [0.29, 0.717) is 5.92 Å². The van der Waals surface area contributed by atoms with Crippen molar-refractivity contribution in [1.29, 1.82) is 0 Å². The third kappa shape index (κ3) is 2.24. The molecule has 0 bridgehead atoms. The lowest BCUT2D eigenvalue weighted by Gasteiger charge is -2.21. The Morgan fingerprint density at radius 1 is 1.50 bits per heavy atom. The van der Waals surface area contributed by atoms with E-state index in [4.69, 9.17) is 5.73 Å². The first-order valence-corrected chi connectivity index (χ1v) is 7.97. The smallest absolute Gasteiger partial charge is 0.142 e. The number of hydrogen-bond donors (Lipinski definition) is 1. The monoisotopic (exact) mass is 279 g/mol. The van der Waals surface area contributed by atoms with Crippen LogP contribution >= 0.6 is 22.9 Å². The van der Waals surface area contributed by atoms with Gasteiger partial charge in [0.15, 0.2) is 0 Å². The quantitative estimate of drug-likeness (QED) is 0.907.